The number of aliphatic hydroxyl groups is 1. The van der Waals surface area contributed by atoms with Gasteiger partial charge >= 0.3 is 0 Å². The van der Waals surface area contributed by atoms with Crippen molar-refractivity contribution in [1.82, 2.24) is 0 Å². The molecule has 0 amide bonds. The lowest BCUT2D eigenvalue weighted by Crippen LogP contribution is -2.48. The van der Waals surface area contributed by atoms with Gasteiger partial charge in [0, 0.05) is 11.8 Å². The second kappa shape index (κ2) is 8.74. The van der Waals surface area contributed by atoms with E-state index in [1.807, 2.05) is 6.07 Å². The van der Waals surface area contributed by atoms with Crippen molar-refractivity contribution in [3.05, 3.63) is 150 Å². The molecule has 5 atom stereocenters. The van der Waals surface area contributed by atoms with Crippen molar-refractivity contribution in [2.24, 2.45) is 11.8 Å². The zero-order valence-corrected chi connectivity index (χ0v) is 19.3. The molecule has 4 aromatic carbocycles. The summed E-state index contributed by atoms with van der Waals surface area (Å²) in [5.41, 5.74) is 5.48. The van der Waals surface area contributed by atoms with E-state index in [2.05, 4.69) is 121 Å². The summed E-state index contributed by atoms with van der Waals surface area (Å²) in [6.07, 6.45) is 4.17. The molecule has 0 spiro atoms. The maximum atomic E-state index is 12.5. The lowest BCUT2D eigenvalue weighted by Gasteiger charge is -2.53. The normalized spacial score (nSPS) is 28.2. The van der Waals surface area contributed by atoms with Crippen LogP contribution in [0.4, 0.5) is 0 Å². The summed E-state index contributed by atoms with van der Waals surface area (Å²) >= 11 is 0. The molecule has 1 nitrogen and oxygen atoms in total. The molecule has 0 unspecified atom stereocenters. The molecule has 2 aliphatic carbocycles. The first-order chi connectivity index (χ1) is 16.7. The molecule has 1 heteroatoms. The molecule has 4 aromatic rings. The Hall–Kier alpha value is -3.42. The van der Waals surface area contributed by atoms with Crippen LogP contribution in [0, 0.1) is 11.8 Å². The summed E-state index contributed by atoms with van der Waals surface area (Å²) in [6.45, 7) is 0. The summed E-state index contributed by atoms with van der Waals surface area (Å²) in [4.78, 5) is 0. The fourth-order valence-electron chi connectivity index (χ4n) is 6.54. The van der Waals surface area contributed by atoms with Crippen LogP contribution in [0.15, 0.2) is 127 Å². The van der Waals surface area contributed by atoms with Gasteiger partial charge in [0.2, 0.25) is 0 Å². The highest BCUT2D eigenvalue weighted by atomic mass is 16.3. The van der Waals surface area contributed by atoms with Gasteiger partial charge in [0.05, 0.1) is 5.60 Å². The van der Waals surface area contributed by atoms with Crippen molar-refractivity contribution in [1.29, 1.82) is 0 Å². The van der Waals surface area contributed by atoms with Gasteiger partial charge in [-0.2, -0.15) is 0 Å². The molecule has 0 aliphatic heterocycles. The van der Waals surface area contributed by atoms with E-state index < -0.39 is 5.60 Å². The maximum Gasteiger partial charge on any atom is 0.0939 e. The van der Waals surface area contributed by atoms with Crippen molar-refractivity contribution in [3.8, 4) is 0 Å². The summed E-state index contributed by atoms with van der Waals surface area (Å²) in [5, 5.41) is 12.5. The van der Waals surface area contributed by atoms with Gasteiger partial charge in [-0.15, -0.1) is 0 Å². The second-order valence-corrected chi connectivity index (χ2v) is 9.88. The van der Waals surface area contributed by atoms with Crippen LogP contribution in [0.1, 0.15) is 46.9 Å². The molecule has 2 aliphatic rings. The Kier molecular flexibility index (Phi) is 5.43. The van der Waals surface area contributed by atoms with Gasteiger partial charge in [-0.1, -0.05) is 127 Å². The van der Waals surface area contributed by atoms with Gasteiger partial charge in [-0.25, -0.2) is 0 Å². The number of hydrogen-bond acceptors (Lipinski definition) is 1. The molecule has 1 N–H and O–H groups in total. The Morgan fingerprint density at radius 3 is 1.74 bits per heavy atom. The van der Waals surface area contributed by atoms with Crippen LogP contribution in [0.25, 0.3) is 5.57 Å². The molecule has 168 valence electrons. The predicted molar refractivity (Wildman–Crippen MR) is 139 cm³/mol. The molecule has 0 aromatic heterocycles. The minimum Gasteiger partial charge on any atom is -0.385 e. The smallest absolute Gasteiger partial charge is 0.0939 e. The highest BCUT2D eigenvalue weighted by Gasteiger charge is 2.53. The average Bonchev–Trinajstić information content (AvgIpc) is 2.92. The molecule has 0 saturated heterocycles. The van der Waals surface area contributed by atoms with E-state index >= 15 is 0 Å². The third kappa shape index (κ3) is 3.61. The third-order valence-corrected chi connectivity index (χ3v) is 8.12. The number of hydrogen-bond donors (Lipinski definition) is 1. The van der Waals surface area contributed by atoms with Gasteiger partial charge in [0.25, 0.3) is 0 Å². The van der Waals surface area contributed by atoms with Crippen LogP contribution in [0.5, 0.6) is 0 Å². The van der Waals surface area contributed by atoms with E-state index in [-0.39, 0.29) is 17.8 Å². The first-order valence-electron chi connectivity index (χ1n) is 12.4. The van der Waals surface area contributed by atoms with E-state index in [4.69, 9.17) is 0 Å². The lowest BCUT2D eigenvalue weighted by atomic mass is 9.53. The molecule has 34 heavy (non-hydrogen) atoms. The monoisotopic (exact) mass is 442 g/mol. The van der Waals surface area contributed by atoms with Crippen molar-refractivity contribution in [2.75, 3.05) is 0 Å². The Bertz CT molecular complexity index is 1260. The predicted octanol–water partition coefficient (Wildman–Crippen LogP) is 7.57. The Morgan fingerprint density at radius 1 is 0.588 bits per heavy atom. The van der Waals surface area contributed by atoms with Crippen LogP contribution in [0.2, 0.25) is 0 Å². The minimum absolute atomic E-state index is 0.120. The quantitative estimate of drug-likeness (QED) is 0.346. The van der Waals surface area contributed by atoms with Gasteiger partial charge in [-0.3, -0.25) is 0 Å². The van der Waals surface area contributed by atoms with E-state index in [0.29, 0.717) is 5.92 Å². The third-order valence-electron chi connectivity index (χ3n) is 8.12. The van der Waals surface area contributed by atoms with Crippen molar-refractivity contribution < 1.29 is 5.11 Å². The van der Waals surface area contributed by atoms with Crippen LogP contribution in [-0.2, 0) is 5.60 Å². The number of benzene rings is 4. The fraction of sp³-hybridized carbons (Fsp3) is 0.212. The van der Waals surface area contributed by atoms with E-state index in [9.17, 15) is 5.11 Å². The molecule has 0 heterocycles. The standard InChI is InChI=1S/C33H30O/c34-33(27-19-11-4-12-20-27)23-31(26-17-9-3-10-18-26)30-22-32(33)29(25-15-7-2-8-16-25)21-28(30)24-13-5-1-6-14-24/h1-21,29-32,34H,22-23H2/t29-,30-,31-,32+,33+/m0/s1. The van der Waals surface area contributed by atoms with Gasteiger partial charge in [0.1, 0.15) is 0 Å². The molecule has 0 radical (unpaired) electrons. The SMILES string of the molecule is O[C@@]1(c2ccccc2)C[C@@H](c2ccccc2)[C@H]2C[C@@H]1[C@H](c1ccccc1)C=C2c1ccccc1. The average molecular weight is 443 g/mol. The van der Waals surface area contributed by atoms with E-state index in [1.54, 1.807) is 0 Å². The Morgan fingerprint density at radius 2 is 1.12 bits per heavy atom. The first-order valence-corrected chi connectivity index (χ1v) is 12.4. The number of allylic oxidation sites excluding steroid dienone is 2. The zero-order valence-electron chi connectivity index (χ0n) is 19.3. The molecule has 1 fully saturated rings. The maximum absolute atomic E-state index is 12.5. The van der Waals surface area contributed by atoms with Crippen LogP contribution in [0.3, 0.4) is 0 Å². The van der Waals surface area contributed by atoms with Gasteiger partial charge in [0.15, 0.2) is 0 Å². The zero-order chi connectivity index (χ0) is 23.0. The Labute approximate surface area is 202 Å². The van der Waals surface area contributed by atoms with Gasteiger partial charge < -0.3 is 5.11 Å². The summed E-state index contributed by atoms with van der Waals surface area (Å²) in [7, 11) is 0. The first kappa shape index (κ1) is 21.1. The molecule has 2 bridgehead atoms. The molecular weight excluding hydrogens is 412 g/mol. The number of rotatable bonds is 4. The fourth-order valence-corrected chi connectivity index (χ4v) is 6.54. The van der Waals surface area contributed by atoms with Crippen LogP contribution >= 0.6 is 0 Å². The number of fused-ring (bicyclic) bond motifs is 2. The van der Waals surface area contributed by atoms with Crippen molar-refractivity contribution >= 4 is 5.57 Å². The summed E-state index contributed by atoms with van der Waals surface area (Å²) in [5.74, 6) is 0.911. The minimum atomic E-state index is -0.891. The van der Waals surface area contributed by atoms with Gasteiger partial charge in [-0.05, 0) is 52.5 Å². The van der Waals surface area contributed by atoms with Crippen molar-refractivity contribution in [3.63, 3.8) is 0 Å². The summed E-state index contributed by atoms with van der Waals surface area (Å²) < 4.78 is 0. The lowest BCUT2D eigenvalue weighted by molar-refractivity contribution is -0.0784. The van der Waals surface area contributed by atoms with E-state index in [0.717, 1.165) is 18.4 Å². The summed E-state index contributed by atoms with van der Waals surface area (Å²) in [6, 6.07) is 42.8. The van der Waals surface area contributed by atoms with Crippen LogP contribution < -0.4 is 0 Å². The Balaban J connectivity index is 1.57. The molecule has 1 saturated carbocycles. The molecular formula is C33H30O. The highest BCUT2D eigenvalue weighted by molar-refractivity contribution is 5.71. The second-order valence-electron chi connectivity index (χ2n) is 9.88. The van der Waals surface area contributed by atoms with E-state index in [1.165, 1.54) is 22.3 Å². The largest absolute Gasteiger partial charge is 0.385 e. The van der Waals surface area contributed by atoms with Crippen molar-refractivity contribution in [2.45, 2.75) is 30.3 Å². The topological polar surface area (TPSA) is 20.2 Å². The van der Waals surface area contributed by atoms with Crippen LogP contribution in [-0.4, -0.2) is 5.11 Å². The molecule has 6 rings (SSSR count). The highest BCUT2D eigenvalue weighted by Crippen LogP contribution is 2.61.